The number of ether oxygens (including phenoxy) is 1. The van der Waals surface area contributed by atoms with Crippen LogP contribution in [0, 0.1) is 36.0 Å². The van der Waals surface area contributed by atoms with Crippen molar-refractivity contribution >= 4 is 11.9 Å². The smallest absolute Gasteiger partial charge is 0.415 e. The lowest BCUT2D eigenvalue weighted by atomic mass is 9.62. The number of amidine groups is 1. The van der Waals surface area contributed by atoms with Crippen LogP contribution in [-0.4, -0.2) is 47.2 Å². The first-order valence-electron chi connectivity index (χ1n) is 16.2. The zero-order valence-electron chi connectivity index (χ0n) is 30.1. The van der Waals surface area contributed by atoms with Gasteiger partial charge in [-0.25, -0.2) is 9.79 Å². The molecule has 7 nitrogen and oxygen atoms in total. The van der Waals surface area contributed by atoms with E-state index in [2.05, 4.69) is 44.1 Å². The van der Waals surface area contributed by atoms with Crippen LogP contribution in [0.4, 0.5) is 4.79 Å². The summed E-state index contributed by atoms with van der Waals surface area (Å²) in [5, 5.41) is 21.7. The number of nitrogens with zero attached hydrogens (tertiary/aromatic N) is 3. The van der Waals surface area contributed by atoms with Crippen LogP contribution in [0.25, 0.3) is 0 Å². The maximum Gasteiger partial charge on any atom is 0.415 e. The molecule has 0 bridgehead atoms. The summed E-state index contributed by atoms with van der Waals surface area (Å²) in [6, 6.07) is 7.79. The minimum absolute atomic E-state index is 0.0693. The maximum atomic E-state index is 12.8. The number of hydrogen-bond donors (Lipinski definition) is 2. The summed E-state index contributed by atoms with van der Waals surface area (Å²) in [5.41, 5.74) is 3.19. The van der Waals surface area contributed by atoms with Crippen molar-refractivity contribution in [2.75, 3.05) is 13.6 Å². The van der Waals surface area contributed by atoms with E-state index >= 15 is 0 Å². The first kappa shape index (κ1) is 40.9. The SMILES string of the molecule is C/C=C\C.CC.CCCC[C@]1(C)CC(OC(=O)N(C)C2=NC=C(C(C)(C)O)NC2)CC(C)(C)C1.Cc1ccc(C#N)cc1C. The number of benzene rings is 1. The van der Waals surface area contributed by atoms with Gasteiger partial charge in [-0.1, -0.05) is 72.6 Å². The van der Waals surface area contributed by atoms with Gasteiger partial charge in [-0.2, -0.15) is 5.26 Å². The molecule has 2 N–H and O–H groups in total. The number of unbranched alkanes of at least 4 members (excludes halogenated alkanes) is 1. The summed E-state index contributed by atoms with van der Waals surface area (Å²) in [6.45, 7) is 24.9. The van der Waals surface area contributed by atoms with Gasteiger partial charge in [0.25, 0.3) is 0 Å². The lowest BCUT2D eigenvalue weighted by Gasteiger charge is -2.46. The third-order valence-electron chi connectivity index (χ3n) is 7.88. The van der Waals surface area contributed by atoms with Gasteiger partial charge < -0.3 is 15.2 Å². The molecule has 1 saturated carbocycles. The number of carbonyl (C=O) groups is 1. The number of carbonyl (C=O) groups excluding carboxylic acids is 1. The molecular weight excluding hydrogens is 548 g/mol. The molecule has 3 rings (SSSR count). The molecule has 7 heteroatoms. The van der Waals surface area contributed by atoms with Crippen molar-refractivity contribution in [1.29, 1.82) is 5.26 Å². The van der Waals surface area contributed by atoms with Crippen LogP contribution >= 0.6 is 0 Å². The molecular formula is C37H62N4O3. The number of rotatable bonds is 5. The molecule has 1 unspecified atom stereocenters. The Morgan fingerprint density at radius 1 is 1.18 bits per heavy atom. The highest BCUT2D eigenvalue weighted by atomic mass is 16.6. The number of likely N-dealkylation sites (N-methyl/N-ethyl adjacent to an activating group) is 1. The largest absolute Gasteiger partial charge is 0.446 e. The van der Waals surface area contributed by atoms with Gasteiger partial charge in [-0.3, -0.25) is 4.90 Å². The molecule has 1 heterocycles. The zero-order chi connectivity index (χ0) is 34.1. The summed E-state index contributed by atoms with van der Waals surface area (Å²) < 4.78 is 5.92. The predicted molar refractivity (Wildman–Crippen MR) is 186 cm³/mol. The third-order valence-corrected chi connectivity index (χ3v) is 7.88. The lowest BCUT2D eigenvalue weighted by Crippen LogP contribution is -2.46. The molecule has 0 spiro atoms. The van der Waals surface area contributed by atoms with Gasteiger partial charge in [-0.15, -0.1) is 0 Å². The molecule has 44 heavy (non-hydrogen) atoms. The number of nitriles is 1. The quantitative estimate of drug-likeness (QED) is 0.324. The molecule has 1 amide bonds. The minimum atomic E-state index is -0.981. The molecule has 0 radical (unpaired) electrons. The van der Waals surface area contributed by atoms with Crippen molar-refractivity contribution in [3.63, 3.8) is 0 Å². The lowest BCUT2D eigenvalue weighted by molar-refractivity contribution is -0.0286. The predicted octanol–water partition coefficient (Wildman–Crippen LogP) is 9.23. The molecule has 1 aromatic carbocycles. The topological polar surface area (TPSA) is 97.9 Å². The highest BCUT2D eigenvalue weighted by Crippen LogP contribution is 2.49. The second kappa shape index (κ2) is 19.3. The van der Waals surface area contributed by atoms with Gasteiger partial charge in [-0.05, 0) is 101 Å². The molecule has 2 atom stereocenters. The van der Waals surface area contributed by atoms with Gasteiger partial charge in [0.05, 0.1) is 35.7 Å². The van der Waals surface area contributed by atoms with Crippen molar-refractivity contribution in [3.05, 3.63) is 58.9 Å². The van der Waals surface area contributed by atoms with E-state index < -0.39 is 5.60 Å². The Labute approximate surface area is 269 Å². The molecule has 248 valence electrons. The van der Waals surface area contributed by atoms with E-state index in [-0.39, 0.29) is 23.0 Å². The molecule has 0 aromatic heterocycles. The van der Waals surface area contributed by atoms with E-state index in [4.69, 9.17) is 10.00 Å². The Morgan fingerprint density at radius 2 is 1.80 bits per heavy atom. The molecule has 2 aliphatic rings. The average Bonchev–Trinajstić information content (AvgIpc) is 2.97. The van der Waals surface area contributed by atoms with Crippen molar-refractivity contribution in [3.8, 4) is 6.07 Å². The van der Waals surface area contributed by atoms with Crippen molar-refractivity contribution in [2.45, 2.75) is 133 Å². The monoisotopic (exact) mass is 610 g/mol. The van der Waals surface area contributed by atoms with Crippen LogP contribution < -0.4 is 5.32 Å². The second-order valence-corrected chi connectivity index (χ2v) is 13.3. The summed E-state index contributed by atoms with van der Waals surface area (Å²) in [4.78, 5) is 18.6. The van der Waals surface area contributed by atoms with Crippen LogP contribution in [0.2, 0.25) is 0 Å². The van der Waals surface area contributed by atoms with Gasteiger partial charge in [0.15, 0.2) is 0 Å². The molecule has 1 aliphatic heterocycles. The number of nitrogens with one attached hydrogen (secondary N) is 1. The molecule has 1 aliphatic carbocycles. The molecule has 0 saturated heterocycles. The van der Waals surface area contributed by atoms with Gasteiger partial charge in [0, 0.05) is 7.05 Å². The Bertz CT molecular complexity index is 1150. The van der Waals surface area contributed by atoms with E-state index in [1.807, 2.05) is 71.9 Å². The fourth-order valence-electron chi connectivity index (χ4n) is 5.54. The van der Waals surface area contributed by atoms with E-state index in [1.54, 1.807) is 27.1 Å². The number of aliphatic imine (C=N–C) groups is 1. The van der Waals surface area contributed by atoms with E-state index in [0.29, 0.717) is 18.1 Å². The summed E-state index contributed by atoms with van der Waals surface area (Å²) in [5.74, 6) is 0.585. The summed E-state index contributed by atoms with van der Waals surface area (Å²) >= 11 is 0. The Morgan fingerprint density at radius 3 is 2.25 bits per heavy atom. The fraction of sp³-hybridized carbons (Fsp3) is 0.649. The molecule has 1 aromatic rings. The molecule has 1 fully saturated rings. The van der Waals surface area contributed by atoms with Crippen LogP contribution in [0.1, 0.15) is 124 Å². The highest BCUT2D eigenvalue weighted by molar-refractivity contribution is 5.97. The first-order valence-corrected chi connectivity index (χ1v) is 16.2. The van der Waals surface area contributed by atoms with Crippen molar-refractivity contribution in [2.24, 2.45) is 15.8 Å². The van der Waals surface area contributed by atoms with Gasteiger partial charge in [0.1, 0.15) is 11.9 Å². The normalized spacial score (nSPS) is 20.4. The van der Waals surface area contributed by atoms with Gasteiger partial charge in [0.2, 0.25) is 0 Å². The summed E-state index contributed by atoms with van der Waals surface area (Å²) in [7, 11) is 1.69. The first-order chi connectivity index (χ1) is 20.5. The van der Waals surface area contributed by atoms with E-state index in [1.165, 1.54) is 41.7 Å². The number of aryl methyl sites for hydroxylation is 2. The van der Waals surface area contributed by atoms with Gasteiger partial charge >= 0.3 is 6.09 Å². The summed E-state index contributed by atoms with van der Waals surface area (Å²) in [6.07, 6.45) is 11.7. The highest BCUT2D eigenvalue weighted by Gasteiger charge is 2.42. The van der Waals surface area contributed by atoms with E-state index in [0.717, 1.165) is 18.4 Å². The Hall–Kier alpha value is -3.11. The number of aliphatic hydroxyl groups is 1. The number of allylic oxidation sites excluding steroid dienone is 2. The van der Waals surface area contributed by atoms with Crippen molar-refractivity contribution in [1.82, 2.24) is 10.2 Å². The van der Waals surface area contributed by atoms with E-state index in [9.17, 15) is 9.90 Å². The Balaban J connectivity index is 0.000000948. The minimum Gasteiger partial charge on any atom is -0.446 e. The fourth-order valence-corrected chi connectivity index (χ4v) is 5.54. The Kier molecular flexibility index (Phi) is 17.9. The zero-order valence-corrected chi connectivity index (χ0v) is 30.1. The third kappa shape index (κ3) is 14.6. The van der Waals surface area contributed by atoms with Crippen LogP contribution in [-0.2, 0) is 4.74 Å². The number of hydrogen-bond acceptors (Lipinski definition) is 6. The van der Waals surface area contributed by atoms with Crippen LogP contribution in [0.5, 0.6) is 0 Å². The maximum absolute atomic E-state index is 12.8. The standard InChI is InChI=1S/C22H39N3O3.C9H9N.C4H8.C2H6/c1-8-9-10-22(6)12-16(11-20(2,3)15-22)28-19(26)25(7)18-14-23-17(13-24-18)21(4,5)27;1-7-3-4-9(6-10)5-8(7)2;1-3-4-2;1-2/h13,16,23,27H,8-12,14-15H2,1-7H3;3-5H,1-2H3;3-4H,1-2H3;1-2H3/b;;4-3-;/t16?,22-;;;/m1.../s1. The van der Waals surface area contributed by atoms with Crippen molar-refractivity contribution < 1.29 is 14.6 Å². The second-order valence-electron chi connectivity index (χ2n) is 13.3. The average molecular weight is 611 g/mol. The number of amides is 1. The van der Waals surface area contributed by atoms with Crippen LogP contribution in [0.3, 0.4) is 0 Å². The van der Waals surface area contributed by atoms with Crippen LogP contribution in [0.15, 0.2) is 47.2 Å².